The van der Waals surface area contributed by atoms with E-state index in [1.54, 1.807) is 0 Å². The van der Waals surface area contributed by atoms with Crippen LogP contribution in [0.1, 0.15) is 25.7 Å². The van der Waals surface area contributed by atoms with Crippen molar-refractivity contribution in [3.05, 3.63) is 67.8 Å². The number of aromatic nitrogens is 2. The lowest BCUT2D eigenvalue weighted by molar-refractivity contribution is 0.365. The van der Waals surface area contributed by atoms with E-state index in [0.29, 0.717) is 82.1 Å². The second kappa shape index (κ2) is 15.9. The Morgan fingerprint density at radius 3 is 1.16 bits per heavy atom. The highest BCUT2D eigenvalue weighted by Gasteiger charge is 2.26. The van der Waals surface area contributed by atoms with E-state index in [9.17, 15) is 19.8 Å². The lowest BCUT2D eigenvalue weighted by Gasteiger charge is -2.21. The van der Waals surface area contributed by atoms with Crippen molar-refractivity contribution in [3.8, 4) is 11.8 Å². The number of nitrogens with zero attached hydrogens (tertiary/aromatic N) is 8. The van der Waals surface area contributed by atoms with E-state index in [1.807, 2.05) is 92.8 Å². The third-order valence-electron chi connectivity index (χ3n) is 11.1. The highest BCUT2D eigenvalue weighted by molar-refractivity contribution is 6.39. The van der Waals surface area contributed by atoms with Crippen LogP contribution >= 0.6 is 0 Å². The molecule has 0 unspecified atom stereocenters. The molecule has 2 N–H and O–H groups in total. The first-order chi connectivity index (χ1) is 26.8. The predicted molar refractivity (Wildman–Crippen MR) is 230 cm³/mol. The first-order valence-electron chi connectivity index (χ1n) is 19.8. The summed E-state index contributed by atoms with van der Waals surface area (Å²) in [6, 6.07) is 11.7. The third-order valence-corrected chi connectivity index (χ3v) is 11.1. The molecule has 56 heavy (non-hydrogen) atoms. The molecule has 0 saturated carbocycles. The van der Waals surface area contributed by atoms with E-state index in [-0.39, 0.29) is 22.9 Å². The Morgan fingerprint density at radius 1 is 0.464 bits per heavy atom. The number of hydrogen-bond donors (Lipinski definition) is 2. The minimum absolute atomic E-state index is 0.0430. The van der Waals surface area contributed by atoms with Crippen LogP contribution in [-0.2, 0) is 13.1 Å². The largest absolute Gasteiger partial charge is 0.494 e. The van der Waals surface area contributed by atoms with Gasteiger partial charge in [-0.3, -0.25) is 28.7 Å². The Bertz CT molecular complexity index is 2610. The molecule has 5 aromatic carbocycles. The molecule has 2 aromatic heterocycles. The van der Waals surface area contributed by atoms with Gasteiger partial charge in [0.15, 0.2) is 0 Å². The van der Waals surface area contributed by atoms with Crippen molar-refractivity contribution < 1.29 is 10.2 Å². The topological polar surface area (TPSA) is 122 Å². The Labute approximate surface area is 326 Å². The van der Waals surface area contributed by atoms with E-state index < -0.39 is 0 Å². The summed E-state index contributed by atoms with van der Waals surface area (Å²) in [5.74, 6) is -0.0860. The van der Waals surface area contributed by atoms with Crippen LogP contribution in [-0.4, -0.2) is 135 Å². The second-order valence-corrected chi connectivity index (χ2v) is 16.4. The predicted octanol–water partition coefficient (Wildman–Crippen LogP) is 4.26. The molecule has 0 spiro atoms. The molecule has 0 amide bonds. The van der Waals surface area contributed by atoms with Crippen molar-refractivity contribution in [2.24, 2.45) is 9.98 Å². The van der Waals surface area contributed by atoms with Gasteiger partial charge in [0.25, 0.3) is 11.1 Å². The first kappa shape index (κ1) is 39.4. The van der Waals surface area contributed by atoms with Crippen LogP contribution < -0.4 is 21.8 Å². The summed E-state index contributed by atoms with van der Waals surface area (Å²) in [4.78, 5) is 47.7. The third kappa shape index (κ3) is 7.04. The van der Waals surface area contributed by atoms with Crippen molar-refractivity contribution in [1.82, 2.24) is 28.7 Å². The summed E-state index contributed by atoms with van der Waals surface area (Å²) < 4.78 is 3.00. The Hall–Kier alpha value is -4.88. The lowest BCUT2D eigenvalue weighted by Crippen LogP contribution is -2.25. The van der Waals surface area contributed by atoms with E-state index in [4.69, 9.17) is 9.98 Å². The molecule has 7 aromatic rings. The van der Waals surface area contributed by atoms with Gasteiger partial charge in [-0.05, 0) is 143 Å². The fraction of sp³-hybridized carbons (Fsp3) is 0.455. The van der Waals surface area contributed by atoms with Crippen LogP contribution in [0.5, 0.6) is 11.8 Å². The molecule has 7 rings (SSSR count). The molecule has 12 heteroatoms. The normalized spacial score (nSPS) is 13.6. The zero-order valence-electron chi connectivity index (χ0n) is 34.2. The molecule has 0 atom stereocenters. The van der Waals surface area contributed by atoms with Gasteiger partial charge >= 0.3 is 0 Å². The smallest absolute Gasteiger partial charge is 0.261 e. The monoisotopic (exact) mass is 760 g/mol. The number of hydrogen-bond acceptors (Lipinski definition) is 10. The van der Waals surface area contributed by atoms with E-state index in [1.165, 1.54) is 9.13 Å². The van der Waals surface area contributed by atoms with Crippen molar-refractivity contribution in [3.63, 3.8) is 0 Å². The molecular formula is C44H56N8O4. The van der Waals surface area contributed by atoms with Gasteiger partial charge in [0.05, 0.1) is 21.5 Å². The molecule has 2 heterocycles. The van der Waals surface area contributed by atoms with Crippen LogP contribution in [0, 0.1) is 0 Å². The average molecular weight is 761 g/mol. The molecule has 0 radical (unpaired) electrons. The van der Waals surface area contributed by atoms with Crippen molar-refractivity contribution in [2.75, 3.05) is 95.6 Å². The molecule has 0 bridgehead atoms. The van der Waals surface area contributed by atoms with Crippen LogP contribution in [0.3, 0.4) is 0 Å². The Morgan fingerprint density at radius 2 is 0.804 bits per heavy atom. The fourth-order valence-corrected chi connectivity index (χ4v) is 8.48. The number of pyridine rings is 2. The van der Waals surface area contributed by atoms with Crippen molar-refractivity contribution >= 4 is 64.6 Å². The molecule has 0 saturated heterocycles. The van der Waals surface area contributed by atoms with E-state index in [0.717, 1.165) is 71.3 Å². The van der Waals surface area contributed by atoms with Gasteiger partial charge in [-0.2, -0.15) is 0 Å². The number of rotatable bonds is 16. The molecule has 0 aliphatic heterocycles. The maximum absolute atomic E-state index is 14.5. The molecule has 0 aliphatic carbocycles. The molecule has 296 valence electrons. The standard InChI is InChI=1S/C44H56N8O4/c1-47(2)19-9-17-45-33-25-31-35-29(41(53)51(43(31)55)23-11-21-49(5)6)16-14-28-38-34(46-18-10-20-48(3)4)26-32-36-30(15-13-27(40(36)38)37(33)39(28)35)42(54)52(44(32)56)24-12-22-50(7)8/h13-16,25-26,53-54H,9-12,17-24H2,1-8H3. The summed E-state index contributed by atoms with van der Waals surface area (Å²) in [5.41, 5.74) is -0.488. The quantitative estimate of drug-likeness (QED) is 0.0852. The van der Waals surface area contributed by atoms with Gasteiger partial charge in [0, 0.05) is 69.3 Å². The Balaban J connectivity index is 1.65. The number of aromatic hydroxyl groups is 2. The van der Waals surface area contributed by atoms with E-state index >= 15 is 0 Å². The number of fused-ring (bicyclic) bond motifs is 2. The van der Waals surface area contributed by atoms with Gasteiger partial charge in [-0.25, -0.2) is 0 Å². The SMILES string of the molecule is CN(C)CCCN=c1cc2c(=O)n(CCCN(C)C)c(O)c3ccc4c5c(=NCCCN(C)C)cc6c(=O)n(CCCN(C)C)c(O)c7ccc(c1c4c32)c5c76. The molecule has 0 fully saturated rings. The van der Waals surface area contributed by atoms with Crippen LogP contribution in [0.25, 0.3) is 64.6 Å². The van der Waals surface area contributed by atoms with Gasteiger partial charge in [0.1, 0.15) is 0 Å². The summed E-state index contributed by atoms with van der Waals surface area (Å²) >= 11 is 0. The molecular weight excluding hydrogens is 705 g/mol. The fourth-order valence-electron chi connectivity index (χ4n) is 8.48. The summed E-state index contributed by atoms with van der Waals surface area (Å²) in [7, 11) is 16.2. The van der Waals surface area contributed by atoms with Crippen LogP contribution in [0.4, 0.5) is 0 Å². The van der Waals surface area contributed by atoms with Gasteiger partial charge < -0.3 is 29.8 Å². The van der Waals surface area contributed by atoms with E-state index in [2.05, 4.69) is 19.6 Å². The zero-order valence-corrected chi connectivity index (χ0v) is 34.2. The average Bonchev–Trinajstić information content (AvgIpc) is 3.15. The van der Waals surface area contributed by atoms with Gasteiger partial charge in [0.2, 0.25) is 11.8 Å². The highest BCUT2D eigenvalue weighted by atomic mass is 16.3. The van der Waals surface area contributed by atoms with Crippen molar-refractivity contribution in [2.45, 2.75) is 38.8 Å². The Kier molecular flexibility index (Phi) is 11.2. The minimum atomic E-state index is -0.244. The van der Waals surface area contributed by atoms with Crippen molar-refractivity contribution in [1.29, 1.82) is 0 Å². The van der Waals surface area contributed by atoms with Crippen LogP contribution in [0.2, 0.25) is 0 Å². The minimum Gasteiger partial charge on any atom is -0.494 e. The summed E-state index contributed by atoms with van der Waals surface area (Å²) in [6.07, 6.45) is 3.07. The molecule has 12 nitrogen and oxygen atoms in total. The maximum atomic E-state index is 14.5. The second-order valence-electron chi connectivity index (χ2n) is 16.4. The lowest BCUT2D eigenvalue weighted by atomic mass is 9.85. The maximum Gasteiger partial charge on any atom is 0.261 e. The first-order valence-corrected chi connectivity index (χ1v) is 19.8. The number of benzene rings is 5. The zero-order chi connectivity index (χ0) is 40.0. The molecule has 0 aliphatic rings. The van der Waals surface area contributed by atoms with Crippen LogP contribution in [0.15, 0.2) is 56.0 Å². The highest BCUT2D eigenvalue weighted by Crippen LogP contribution is 2.44. The summed E-state index contributed by atoms with van der Waals surface area (Å²) in [6.45, 7) is 5.15. The van der Waals surface area contributed by atoms with Gasteiger partial charge in [-0.15, -0.1) is 0 Å². The van der Waals surface area contributed by atoms with Gasteiger partial charge in [-0.1, -0.05) is 12.1 Å². The summed E-state index contributed by atoms with van der Waals surface area (Å²) in [5, 5.41) is 33.8.